The van der Waals surface area contributed by atoms with Crippen molar-refractivity contribution < 1.29 is 9.47 Å². The highest BCUT2D eigenvalue weighted by molar-refractivity contribution is 9.10. The zero-order valence-electron chi connectivity index (χ0n) is 12.3. The molecule has 1 aliphatic rings. The normalized spacial score (nSPS) is 20.6. The molecule has 0 aromatic heterocycles. The number of rotatable bonds is 6. The monoisotopic (exact) mass is 341 g/mol. The second-order valence-corrected chi connectivity index (χ2v) is 6.09. The molecule has 0 saturated carbocycles. The van der Waals surface area contributed by atoms with Crippen molar-refractivity contribution in [2.75, 3.05) is 20.3 Å². The smallest absolute Gasteiger partial charge is 0.133 e. The van der Waals surface area contributed by atoms with Gasteiger partial charge in [0.05, 0.1) is 23.7 Å². The first-order chi connectivity index (χ1) is 9.76. The third-order valence-electron chi connectivity index (χ3n) is 3.74. The van der Waals surface area contributed by atoms with Crippen molar-refractivity contribution in [1.29, 1.82) is 0 Å². The number of nitrogens with one attached hydrogen (secondary N) is 1. The lowest BCUT2D eigenvalue weighted by Gasteiger charge is -2.31. The predicted molar refractivity (Wildman–Crippen MR) is 85.3 cm³/mol. The fourth-order valence-corrected chi connectivity index (χ4v) is 3.23. The maximum absolute atomic E-state index is 5.98. The quantitative estimate of drug-likeness (QED) is 0.845. The molecule has 1 fully saturated rings. The van der Waals surface area contributed by atoms with E-state index in [9.17, 15) is 0 Å². The van der Waals surface area contributed by atoms with Crippen molar-refractivity contribution >= 4 is 15.9 Å². The molecule has 112 valence electrons. The second kappa shape index (κ2) is 8.01. The number of methoxy groups -OCH3 is 1. The summed E-state index contributed by atoms with van der Waals surface area (Å²) in [6.07, 6.45) is 4.97. The molecule has 2 rings (SSSR count). The van der Waals surface area contributed by atoms with Crippen LogP contribution in [0.2, 0.25) is 0 Å². The molecular formula is C16H24BrNO2. The van der Waals surface area contributed by atoms with Crippen LogP contribution >= 0.6 is 15.9 Å². The van der Waals surface area contributed by atoms with Crippen molar-refractivity contribution in [2.45, 2.75) is 44.8 Å². The average molecular weight is 342 g/mol. The average Bonchev–Trinajstić information content (AvgIpc) is 2.49. The van der Waals surface area contributed by atoms with E-state index in [4.69, 9.17) is 9.47 Å². The molecule has 1 aromatic rings. The SMILES string of the molecule is CCCNC(c1ccc(OC)c(Br)c1)C1CCCCO1. The molecule has 0 spiro atoms. The van der Waals surface area contributed by atoms with Gasteiger partial charge in [0, 0.05) is 6.61 Å². The van der Waals surface area contributed by atoms with Gasteiger partial charge in [0.1, 0.15) is 5.75 Å². The van der Waals surface area contributed by atoms with E-state index in [1.807, 2.05) is 6.07 Å². The summed E-state index contributed by atoms with van der Waals surface area (Å²) in [5.41, 5.74) is 1.26. The molecule has 1 saturated heterocycles. The summed E-state index contributed by atoms with van der Waals surface area (Å²) < 4.78 is 12.3. The second-order valence-electron chi connectivity index (χ2n) is 5.23. The highest BCUT2D eigenvalue weighted by Gasteiger charge is 2.25. The van der Waals surface area contributed by atoms with Gasteiger partial charge >= 0.3 is 0 Å². The van der Waals surface area contributed by atoms with Gasteiger partial charge in [-0.15, -0.1) is 0 Å². The number of halogens is 1. The number of hydrogen-bond acceptors (Lipinski definition) is 3. The van der Waals surface area contributed by atoms with Crippen LogP contribution in [0.5, 0.6) is 5.75 Å². The molecule has 0 radical (unpaired) electrons. The Bertz CT molecular complexity index is 419. The minimum Gasteiger partial charge on any atom is -0.496 e. The molecule has 0 amide bonds. The summed E-state index contributed by atoms with van der Waals surface area (Å²) in [5.74, 6) is 0.868. The van der Waals surface area contributed by atoms with E-state index in [1.165, 1.54) is 18.4 Å². The van der Waals surface area contributed by atoms with Crippen molar-refractivity contribution in [3.8, 4) is 5.75 Å². The maximum atomic E-state index is 5.98. The summed E-state index contributed by atoms with van der Waals surface area (Å²) >= 11 is 3.57. The lowest BCUT2D eigenvalue weighted by molar-refractivity contribution is -0.00817. The number of ether oxygens (including phenoxy) is 2. The Morgan fingerprint density at radius 3 is 2.90 bits per heavy atom. The van der Waals surface area contributed by atoms with Gasteiger partial charge in [-0.1, -0.05) is 13.0 Å². The highest BCUT2D eigenvalue weighted by atomic mass is 79.9. The van der Waals surface area contributed by atoms with E-state index in [0.29, 0.717) is 0 Å². The molecule has 20 heavy (non-hydrogen) atoms. The number of hydrogen-bond donors (Lipinski definition) is 1. The van der Waals surface area contributed by atoms with E-state index in [2.05, 4.69) is 40.3 Å². The van der Waals surface area contributed by atoms with E-state index in [-0.39, 0.29) is 12.1 Å². The lowest BCUT2D eigenvalue weighted by Crippen LogP contribution is -2.36. The molecule has 1 heterocycles. The van der Waals surface area contributed by atoms with Gasteiger partial charge < -0.3 is 14.8 Å². The van der Waals surface area contributed by atoms with Crippen LogP contribution in [-0.4, -0.2) is 26.4 Å². The highest BCUT2D eigenvalue weighted by Crippen LogP contribution is 2.32. The standard InChI is InChI=1S/C16H24BrNO2/c1-3-9-18-16(15-6-4-5-10-20-15)12-7-8-14(19-2)13(17)11-12/h7-8,11,15-16,18H,3-6,9-10H2,1-2H3. The van der Waals surface area contributed by atoms with E-state index in [0.717, 1.165) is 36.2 Å². The zero-order chi connectivity index (χ0) is 14.4. The first-order valence-electron chi connectivity index (χ1n) is 7.44. The van der Waals surface area contributed by atoms with Gasteiger partial charge in [0.15, 0.2) is 0 Å². The molecule has 0 bridgehead atoms. The van der Waals surface area contributed by atoms with Gasteiger partial charge in [-0.3, -0.25) is 0 Å². The topological polar surface area (TPSA) is 30.5 Å². The summed E-state index contributed by atoms with van der Waals surface area (Å²) in [4.78, 5) is 0. The molecule has 1 N–H and O–H groups in total. The van der Waals surface area contributed by atoms with Gasteiger partial charge in [-0.25, -0.2) is 0 Å². The predicted octanol–water partition coefficient (Wildman–Crippen LogP) is 4.07. The van der Waals surface area contributed by atoms with E-state index < -0.39 is 0 Å². The fourth-order valence-electron chi connectivity index (χ4n) is 2.67. The minimum atomic E-state index is 0.262. The third-order valence-corrected chi connectivity index (χ3v) is 4.36. The van der Waals surface area contributed by atoms with Crippen LogP contribution in [-0.2, 0) is 4.74 Å². The maximum Gasteiger partial charge on any atom is 0.133 e. The Labute approximate surface area is 130 Å². The molecule has 4 heteroatoms. The molecular weight excluding hydrogens is 318 g/mol. The fraction of sp³-hybridized carbons (Fsp3) is 0.625. The first kappa shape index (κ1) is 15.8. The van der Waals surface area contributed by atoms with Crippen molar-refractivity contribution in [3.05, 3.63) is 28.2 Å². The molecule has 2 atom stereocenters. The summed E-state index contributed by atoms with van der Waals surface area (Å²) in [6.45, 7) is 4.08. The molecule has 1 aliphatic heterocycles. The van der Waals surface area contributed by atoms with E-state index in [1.54, 1.807) is 7.11 Å². The minimum absolute atomic E-state index is 0.262. The van der Waals surface area contributed by atoms with Crippen LogP contribution in [0.1, 0.15) is 44.2 Å². The Hall–Kier alpha value is -0.580. The lowest BCUT2D eigenvalue weighted by atomic mass is 9.95. The Balaban J connectivity index is 2.18. The van der Waals surface area contributed by atoms with Gasteiger partial charge in [0.2, 0.25) is 0 Å². The van der Waals surface area contributed by atoms with Crippen LogP contribution in [0.4, 0.5) is 0 Å². The Morgan fingerprint density at radius 1 is 1.45 bits per heavy atom. The van der Waals surface area contributed by atoms with Gasteiger partial charge in [-0.2, -0.15) is 0 Å². The van der Waals surface area contributed by atoms with Crippen LogP contribution in [0.3, 0.4) is 0 Å². The Morgan fingerprint density at radius 2 is 2.30 bits per heavy atom. The first-order valence-corrected chi connectivity index (χ1v) is 8.24. The van der Waals surface area contributed by atoms with Gasteiger partial charge in [-0.05, 0) is 65.9 Å². The van der Waals surface area contributed by atoms with Gasteiger partial charge in [0.25, 0.3) is 0 Å². The van der Waals surface area contributed by atoms with Crippen molar-refractivity contribution in [3.63, 3.8) is 0 Å². The molecule has 0 aliphatic carbocycles. The largest absolute Gasteiger partial charge is 0.496 e. The third kappa shape index (κ3) is 3.96. The molecule has 3 nitrogen and oxygen atoms in total. The summed E-state index contributed by atoms with van der Waals surface area (Å²) in [5, 5.41) is 3.63. The van der Waals surface area contributed by atoms with Crippen LogP contribution in [0, 0.1) is 0 Å². The summed E-state index contributed by atoms with van der Waals surface area (Å²) in [7, 11) is 1.69. The Kier molecular flexibility index (Phi) is 6.33. The molecule has 1 aromatic carbocycles. The van der Waals surface area contributed by atoms with Crippen LogP contribution in [0.25, 0.3) is 0 Å². The number of benzene rings is 1. The van der Waals surface area contributed by atoms with Crippen molar-refractivity contribution in [1.82, 2.24) is 5.32 Å². The molecule has 2 unspecified atom stereocenters. The van der Waals surface area contributed by atoms with E-state index >= 15 is 0 Å². The van der Waals surface area contributed by atoms with Crippen molar-refractivity contribution in [2.24, 2.45) is 0 Å². The zero-order valence-corrected chi connectivity index (χ0v) is 13.9. The van der Waals surface area contributed by atoms with Crippen LogP contribution in [0.15, 0.2) is 22.7 Å². The van der Waals surface area contributed by atoms with Crippen LogP contribution < -0.4 is 10.1 Å². The summed E-state index contributed by atoms with van der Waals surface area (Å²) in [6, 6.07) is 6.56.